The predicted octanol–water partition coefficient (Wildman–Crippen LogP) is 2.99. The molecule has 9 nitrogen and oxygen atoms in total. The molecule has 3 atom stereocenters. The molecule has 0 saturated carbocycles. The van der Waals surface area contributed by atoms with Gasteiger partial charge in [0, 0.05) is 38.8 Å². The number of amides is 2. The summed E-state index contributed by atoms with van der Waals surface area (Å²) in [6.07, 6.45) is 0.102. The van der Waals surface area contributed by atoms with Crippen molar-refractivity contribution in [1.29, 1.82) is 0 Å². The van der Waals surface area contributed by atoms with Crippen LogP contribution in [-0.2, 0) is 32.2 Å². The van der Waals surface area contributed by atoms with Gasteiger partial charge < -0.3 is 31.3 Å². The van der Waals surface area contributed by atoms with E-state index < -0.39 is 6.04 Å². The molecule has 0 fully saturated rings. The van der Waals surface area contributed by atoms with E-state index >= 15 is 0 Å². The van der Waals surface area contributed by atoms with Crippen molar-refractivity contribution in [2.24, 2.45) is 11.8 Å². The molecule has 2 bridgehead atoms. The number of rotatable bonds is 4. The van der Waals surface area contributed by atoms with Gasteiger partial charge in [0.1, 0.15) is 0 Å². The Labute approximate surface area is 248 Å². The smallest absolute Gasteiger partial charge is 0.307 e. The van der Waals surface area contributed by atoms with Crippen molar-refractivity contribution in [2.45, 2.75) is 65.3 Å². The molecular weight excluding hydrogens is 530 g/mol. The summed E-state index contributed by atoms with van der Waals surface area (Å²) in [6.45, 7) is 10.2. The molecule has 9 heteroatoms. The van der Waals surface area contributed by atoms with Gasteiger partial charge in [-0.1, -0.05) is 76.2 Å². The van der Waals surface area contributed by atoms with Crippen LogP contribution in [0, 0.1) is 11.8 Å². The van der Waals surface area contributed by atoms with Crippen LogP contribution in [0.4, 0.5) is 0 Å². The van der Waals surface area contributed by atoms with Crippen molar-refractivity contribution in [1.82, 2.24) is 26.6 Å². The summed E-state index contributed by atoms with van der Waals surface area (Å²) >= 11 is 0. The van der Waals surface area contributed by atoms with Gasteiger partial charge in [0.05, 0.1) is 25.6 Å². The Morgan fingerprint density at radius 2 is 1.19 bits per heavy atom. The molecule has 2 amide bonds. The molecule has 2 heterocycles. The lowest BCUT2D eigenvalue weighted by atomic mass is 9.90. The second-order valence-electron chi connectivity index (χ2n) is 11.7. The Morgan fingerprint density at radius 1 is 0.738 bits per heavy atom. The molecule has 2 aliphatic rings. The maximum Gasteiger partial charge on any atom is 0.307 e. The van der Waals surface area contributed by atoms with E-state index in [1.54, 1.807) is 0 Å². The Kier molecular flexibility index (Phi) is 10.9. The first kappa shape index (κ1) is 31.4. The van der Waals surface area contributed by atoms with E-state index in [2.05, 4.69) is 50.8 Å². The molecule has 2 aliphatic heterocycles. The normalized spacial score (nSPS) is 21.5. The van der Waals surface area contributed by atoms with Gasteiger partial charge in [-0.05, 0) is 44.5 Å². The van der Waals surface area contributed by atoms with Crippen LogP contribution in [-0.4, -0.2) is 62.7 Å². The van der Waals surface area contributed by atoms with Crippen molar-refractivity contribution in [3.8, 4) is 0 Å². The lowest BCUT2D eigenvalue weighted by Crippen LogP contribution is -2.52. The van der Waals surface area contributed by atoms with Crippen LogP contribution < -0.4 is 26.6 Å². The van der Waals surface area contributed by atoms with Gasteiger partial charge in [0.2, 0.25) is 11.8 Å². The number of carbonyl (C=O) groups is 3. The van der Waals surface area contributed by atoms with Crippen LogP contribution in [0.3, 0.4) is 0 Å². The summed E-state index contributed by atoms with van der Waals surface area (Å²) < 4.78 is 4.87. The number of esters is 1. The standard InChI is InChI=1S/C33H45N5O4/c1-20(2)30-32(40)35-15-14-34-22(16-29(39)42-5)17-38-33(41)31(21(3)4)37-19-28-25-12-8-6-10-23(25)27(18-36-30)24-11-7-9-13-26(24)28/h6-13,20-22,30-31,34,36-37H,14-19H2,1-5H3,(H,35,40)(H,38,41)/t22?,30-,31-/m0/s1. The minimum atomic E-state index is -0.434. The summed E-state index contributed by atoms with van der Waals surface area (Å²) in [5.41, 5.74) is 2.27. The SMILES string of the molecule is COC(=O)CC1CNC(=O)[C@H](C(C)C)NCc2c3ccccc3c(c3ccccc23)CN[C@@H](C(C)C)C(=O)NCCN1. The van der Waals surface area contributed by atoms with Crippen LogP contribution in [0.2, 0.25) is 0 Å². The number of nitrogens with one attached hydrogen (secondary N) is 5. The monoisotopic (exact) mass is 575 g/mol. The summed E-state index contributed by atoms with van der Waals surface area (Å²) in [4.78, 5) is 38.8. The predicted molar refractivity (Wildman–Crippen MR) is 167 cm³/mol. The molecule has 0 aromatic heterocycles. The van der Waals surface area contributed by atoms with Crippen molar-refractivity contribution in [3.63, 3.8) is 0 Å². The van der Waals surface area contributed by atoms with Crippen LogP contribution in [0.25, 0.3) is 21.5 Å². The van der Waals surface area contributed by atoms with E-state index in [1.807, 2.05) is 52.0 Å². The highest BCUT2D eigenvalue weighted by Gasteiger charge is 2.26. The first-order valence-corrected chi connectivity index (χ1v) is 14.9. The van der Waals surface area contributed by atoms with E-state index in [4.69, 9.17) is 4.74 Å². The fraction of sp³-hybridized carbons (Fsp3) is 0.485. The van der Waals surface area contributed by atoms with Gasteiger partial charge in [-0.15, -0.1) is 0 Å². The molecular formula is C33H45N5O4. The molecule has 5 rings (SSSR count). The van der Waals surface area contributed by atoms with Gasteiger partial charge in [-0.25, -0.2) is 0 Å². The van der Waals surface area contributed by atoms with E-state index in [0.29, 0.717) is 26.2 Å². The van der Waals surface area contributed by atoms with Gasteiger partial charge >= 0.3 is 5.97 Å². The van der Waals surface area contributed by atoms with Crippen LogP contribution in [0.5, 0.6) is 0 Å². The van der Waals surface area contributed by atoms with Crippen molar-refractivity contribution >= 4 is 39.3 Å². The third-order valence-corrected chi connectivity index (χ3v) is 8.07. The average molecular weight is 576 g/mol. The maximum atomic E-state index is 13.4. The van der Waals surface area contributed by atoms with Crippen LogP contribution in [0.1, 0.15) is 45.2 Å². The molecule has 3 aromatic rings. The third kappa shape index (κ3) is 7.45. The number of hydrogen-bond acceptors (Lipinski definition) is 7. The second-order valence-corrected chi connectivity index (χ2v) is 11.7. The molecule has 0 saturated heterocycles. The molecule has 0 spiro atoms. The van der Waals surface area contributed by atoms with Gasteiger partial charge in [0.15, 0.2) is 0 Å². The fourth-order valence-corrected chi connectivity index (χ4v) is 5.78. The lowest BCUT2D eigenvalue weighted by molar-refractivity contribution is -0.141. The number of ether oxygens (including phenoxy) is 1. The highest BCUT2D eigenvalue weighted by atomic mass is 16.5. The second kappa shape index (κ2) is 14.6. The number of hydrogen-bond donors (Lipinski definition) is 5. The Hall–Kier alpha value is -3.53. The van der Waals surface area contributed by atoms with Gasteiger partial charge in [-0.3, -0.25) is 14.4 Å². The Morgan fingerprint density at radius 3 is 1.62 bits per heavy atom. The largest absolute Gasteiger partial charge is 0.469 e. The van der Waals surface area contributed by atoms with Gasteiger partial charge in [0.25, 0.3) is 0 Å². The topological polar surface area (TPSA) is 121 Å². The van der Waals surface area contributed by atoms with E-state index in [-0.39, 0.29) is 54.7 Å². The Bertz CT molecular complexity index is 1350. The van der Waals surface area contributed by atoms with Crippen molar-refractivity contribution < 1.29 is 19.1 Å². The lowest BCUT2D eigenvalue weighted by Gasteiger charge is -2.25. The first-order chi connectivity index (χ1) is 20.2. The number of benzene rings is 3. The number of carbonyl (C=O) groups excluding carboxylic acids is 3. The quantitative estimate of drug-likeness (QED) is 0.184. The van der Waals surface area contributed by atoms with Crippen LogP contribution in [0.15, 0.2) is 48.5 Å². The third-order valence-electron chi connectivity index (χ3n) is 8.07. The summed E-state index contributed by atoms with van der Waals surface area (Å²) in [5.74, 6) is -0.453. The molecule has 42 heavy (non-hydrogen) atoms. The molecule has 3 aromatic carbocycles. The summed E-state index contributed by atoms with van der Waals surface area (Å²) in [7, 11) is 1.35. The van der Waals surface area contributed by atoms with E-state index in [1.165, 1.54) is 7.11 Å². The average Bonchev–Trinajstić information content (AvgIpc) is 2.97. The highest BCUT2D eigenvalue weighted by Crippen LogP contribution is 2.33. The minimum absolute atomic E-state index is 0.0373. The van der Waals surface area contributed by atoms with Gasteiger partial charge in [-0.2, -0.15) is 0 Å². The minimum Gasteiger partial charge on any atom is -0.469 e. The zero-order chi connectivity index (χ0) is 30.2. The fourth-order valence-electron chi connectivity index (χ4n) is 5.78. The van der Waals surface area contributed by atoms with E-state index in [9.17, 15) is 14.4 Å². The van der Waals surface area contributed by atoms with Crippen molar-refractivity contribution in [2.75, 3.05) is 26.7 Å². The highest BCUT2D eigenvalue weighted by molar-refractivity contribution is 6.06. The van der Waals surface area contributed by atoms with E-state index in [0.717, 1.165) is 32.7 Å². The van der Waals surface area contributed by atoms with Crippen LogP contribution >= 0.6 is 0 Å². The molecule has 1 unspecified atom stereocenters. The first-order valence-electron chi connectivity index (χ1n) is 14.9. The summed E-state index contributed by atoms with van der Waals surface area (Å²) in [5, 5.41) is 21.0. The molecule has 226 valence electrons. The maximum absolute atomic E-state index is 13.4. The zero-order valence-electron chi connectivity index (χ0n) is 25.4. The van der Waals surface area contributed by atoms with Crippen molar-refractivity contribution in [3.05, 3.63) is 59.7 Å². The Balaban J connectivity index is 1.75. The molecule has 0 radical (unpaired) electrons. The summed E-state index contributed by atoms with van der Waals surface area (Å²) in [6, 6.07) is 15.5. The molecule has 0 aliphatic carbocycles. The number of methoxy groups -OCH3 is 1. The number of fused-ring (bicyclic) bond motifs is 14. The molecule has 5 N–H and O–H groups in total. The zero-order valence-corrected chi connectivity index (χ0v) is 25.4.